The highest BCUT2D eigenvalue weighted by atomic mass is 79.9. The molecule has 1 rings (SSSR count). The van der Waals surface area contributed by atoms with Crippen molar-refractivity contribution in [2.75, 3.05) is 17.3 Å². The minimum absolute atomic E-state index is 0.0406. The number of benzene rings is 1. The van der Waals surface area contributed by atoms with Gasteiger partial charge in [0.2, 0.25) is 5.91 Å². The van der Waals surface area contributed by atoms with E-state index < -0.39 is 11.0 Å². The number of nitro benzene ring substituents is 1. The summed E-state index contributed by atoms with van der Waals surface area (Å²) in [6.07, 6.45) is 2.49. The van der Waals surface area contributed by atoms with Crippen LogP contribution in [0.3, 0.4) is 0 Å². The fourth-order valence-electron chi connectivity index (χ4n) is 1.56. The number of thioether (sulfide) groups is 1. The molecule has 0 aromatic heterocycles. The predicted molar refractivity (Wildman–Crippen MR) is 85.1 cm³/mol. The minimum atomic E-state index is -0.630. The van der Waals surface area contributed by atoms with Crippen LogP contribution in [0.15, 0.2) is 16.6 Å². The molecule has 0 spiro atoms. The number of nitrogens with one attached hydrogen (secondary N) is 1. The van der Waals surface area contributed by atoms with Crippen LogP contribution in [0.4, 0.5) is 11.4 Å². The molecular formula is C12H16BrN3O3S. The van der Waals surface area contributed by atoms with Gasteiger partial charge < -0.3 is 11.1 Å². The largest absolute Gasteiger partial charge is 0.323 e. The van der Waals surface area contributed by atoms with Crippen LogP contribution in [0.1, 0.15) is 12.0 Å². The first kappa shape index (κ1) is 16.9. The lowest BCUT2D eigenvalue weighted by atomic mass is 10.1. The van der Waals surface area contributed by atoms with E-state index in [1.54, 1.807) is 24.8 Å². The maximum atomic E-state index is 11.9. The number of aryl methyl sites for hydroxylation is 1. The molecule has 0 saturated heterocycles. The van der Waals surface area contributed by atoms with Gasteiger partial charge >= 0.3 is 0 Å². The number of halogens is 1. The lowest BCUT2D eigenvalue weighted by Gasteiger charge is -2.13. The monoisotopic (exact) mass is 361 g/mol. The molecule has 1 amide bonds. The average molecular weight is 362 g/mol. The molecule has 6 nitrogen and oxygen atoms in total. The number of hydrogen-bond donors (Lipinski definition) is 2. The maximum absolute atomic E-state index is 11.9. The number of nitro groups is 1. The van der Waals surface area contributed by atoms with Crippen molar-refractivity contribution in [1.82, 2.24) is 0 Å². The summed E-state index contributed by atoms with van der Waals surface area (Å²) in [5.74, 6) is 0.432. The van der Waals surface area contributed by atoms with Gasteiger partial charge in [-0.05, 0) is 47.3 Å². The number of nitrogens with two attached hydrogens (primary N) is 1. The molecule has 1 atom stereocenters. The normalized spacial score (nSPS) is 12.0. The number of carbonyl (C=O) groups is 1. The average Bonchev–Trinajstić information content (AvgIpc) is 2.38. The first-order valence-corrected chi connectivity index (χ1v) is 8.05. The summed E-state index contributed by atoms with van der Waals surface area (Å²) < 4.78 is 0.589. The highest BCUT2D eigenvalue weighted by Gasteiger charge is 2.18. The smallest absolute Gasteiger partial charge is 0.274 e. The molecule has 20 heavy (non-hydrogen) atoms. The van der Waals surface area contributed by atoms with Gasteiger partial charge in [0.1, 0.15) is 0 Å². The lowest BCUT2D eigenvalue weighted by Crippen LogP contribution is -2.36. The van der Waals surface area contributed by atoms with E-state index in [9.17, 15) is 14.9 Å². The van der Waals surface area contributed by atoms with Crippen molar-refractivity contribution >= 4 is 45.0 Å². The fraction of sp³-hybridized carbons (Fsp3) is 0.417. The van der Waals surface area contributed by atoms with Gasteiger partial charge in [-0.15, -0.1) is 0 Å². The molecule has 0 bridgehead atoms. The standard InChI is InChI=1S/C12H16BrN3O3S/c1-7-5-8(13)10(6-11(7)16(18)19)15-12(17)9(14)3-4-20-2/h5-6,9H,3-4,14H2,1-2H3,(H,15,17)/t9-/m0/s1. The van der Waals surface area contributed by atoms with Crippen LogP contribution in [-0.2, 0) is 4.79 Å². The molecule has 1 aromatic carbocycles. The van der Waals surface area contributed by atoms with E-state index in [0.717, 1.165) is 5.75 Å². The van der Waals surface area contributed by atoms with E-state index >= 15 is 0 Å². The summed E-state index contributed by atoms with van der Waals surface area (Å²) in [7, 11) is 0. The van der Waals surface area contributed by atoms with Crippen LogP contribution in [0.5, 0.6) is 0 Å². The Morgan fingerprint density at radius 3 is 2.80 bits per heavy atom. The lowest BCUT2D eigenvalue weighted by molar-refractivity contribution is -0.385. The second kappa shape index (κ2) is 7.61. The molecule has 1 aromatic rings. The van der Waals surface area contributed by atoms with E-state index in [1.807, 2.05) is 6.26 Å². The zero-order chi connectivity index (χ0) is 15.3. The topological polar surface area (TPSA) is 98.3 Å². The summed E-state index contributed by atoms with van der Waals surface area (Å²) in [6.45, 7) is 1.64. The van der Waals surface area contributed by atoms with Gasteiger partial charge in [-0.25, -0.2) is 0 Å². The Bertz CT molecular complexity index is 525. The molecule has 0 radical (unpaired) electrons. The van der Waals surface area contributed by atoms with Crippen LogP contribution in [0.2, 0.25) is 0 Å². The first-order chi connectivity index (χ1) is 9.36. The van der Waals surface area contributed by atoms with Gasteiger partial charge in [0.05, 0.1) is 16.7 Å². The molecule has 0 unspecified atom stereocenters. The molecule has 0 fully saturated rings. The molecule has 0 heterocycles. The van der Waals surface area contributed by atoms with Crippen LogP contribution < -0.4 is 11.1 Å². The Morgan fingerprint density at radius 2 is 2.25 bits per heavy atom. The highest BCUT2D eigenvalue weighted by molar-refractivity contribution is 9.10. The van der Waals surface area contributed by atoms with Crippen molar-refractivity contribution in [3.8, 4) is 0 Å². The van der Waals surface area contributed by atoms with Gasteiger partial charge in [0.25, 0.3) is 5.69 Å². The van der Waals surface area contributed by atoms with Gasteiger partial charge in [0.15, 0.2) is 0 Å². The zero-order valence-electron chi connectivity index (χ0n) is 11.2. The van der Waals surface area contributed by atoms with E-state index in [1.165, 1.54) is 6.07 Å². The third kappa shape index (κ3) is 4.46. The molecule has 3 N–H and O–H groups in total. The molecule has 0 aliphatic carbocycles. The number of carbonyl (C=O) groups excluding carboxylic acids is 1. The van der Waals surface area contributed by atoms with Crippen LogP contribution in [0, 0.1) is 17.0 Å². The number of amides is 1. The first-order valence-electron chi connectivity index (χ1n) is 5.86. The van der Waals surface area contributed by atoms with Crippen molar-refractivity contribution < 1.29 is 9.72 Å². The molecule has 110 valence electrons. The summed E-state index contributed by atoms with van der Waals surface area (Å²) in [4.78, 5) is 22.3. The molecule has 0 saturated carbocycles. The van der Waals surface area contributed by atoms with Crippen molar-refractivity contribution in [1.29, 1.82) is 0 Å². The molecule has 0 aliphatic heterocycles. The molecule has 8 heteroatoms. The Labute approximate surface area is 129 Å². The quantitative estimate of drug-likeness (QED) is 0.599. The third-order valence-electron chi connectivity index (χ3n) is 2.71. The summed E-state index contributed by atoms with van der Waals surface area (Å²) >= 11 is 4.88. The predicted octanol–water partition coefficient (Wildman–Crippen LogP) is 2.68. The molecule has 0 aliphatic rings. The summed E-state index contributed by atoms with van der Waals surface area (Å²) in [5.41, 5.74) is 6.59. The van der Waals surface area contributed by atoms with Crippen molar-refractivity contribution in [2.45, 2.75) is 19.4 Å². The van der Waals surface area contributed by atoms with E-state index in [2.05, 4.69) is 21.2 Å². The van der Waals surface area contributed by atoms with E-state index in [-0.39, 0.29) is 11.6 Å². The Morgan fingerprint density at radius 1 is 1.60 bits per heavy atom. The van der Waals surface area contributed by atoms with Gasteiger partial charge in [-0.1, -0.05) is 0 Å². The van der Waals surface area contributed by atoms with Gasteiger partial charge in [-0.3, -0.25) is 14.9 Å². The van der Waals surface area contributed by atoms with Gasteiger partial charge in [-0.2, -0.15) is 11.8 Å². The zero-order valence-corrected chi connectivity index (χ0v) is 13.6. The van der Waals surface area contributed by atoms with Crippen LogP contribution in [0.25, 0.3) is 0 Å². The van der Waals surface area contributed by atoms with Crippen molar-refractivity contribution in [3.05, 3.63) is 32.3 Å². The highest BCUT2D eigenvalue weighted by Crippen LogP contribution is 2.30. The van der Waals surface area contributed by atoms with E-state index in [0.29, 0.717) is 22.1 Å². The number of hydrogen-bond acceptors (Lipinski definition) is 5. The van der Waals surface area contributed by atoms with Gasteiger partial charge in [0, 0.05) is 16.1 Å². The second-order valence-electron chi connectivity index (χ2n) is 4.25. The third-order valence-corrected chi connectivity index (χ3v) is 4.01. The Balaban J connectivity index is 2.89. The van der Waals surface area contributed by atoms with Crippen molar-refractivity contribution in [2.24, 2.45) is 5.73 Å². The Hall–Kier alpha value is -1.12. The SMILES string of the molecule is CSCC[C@H](N)C(=O)Nc1cc([N+](=O)[O-])c(C)cc1Br. The molecular weight excluding hydrogens is 346 g/mol. The number of rotatable bonds is 6. The van der Waals surface area contributed by atoms with Crippen LogP contribution >= 0.6 is 27.7 Å². The Kier molecular flexibility index (Phi) is 6.44. The minimum Gasteiger partial charge on any atom is -0.323 e. The fourth-order valence-corrected chi connectivity index (χ4v) is 2.60. The summed E-state index contributed by atoms with van der Waals surface area (Å²) in [6, 6.07) is 2.30. The van der Waals surface area contributed by atoms with Crippen LogP contribution in [-0.4, -0.2) is 28.9 Å². The maximum Gasteiger partial charge on any atom is 0.274 e. The van der Waals surface area contributed by atoms with E-state index in [4.69, 9.17) is 5.73 Å². The van der Waals surface area contributed by atoms with Crippen molar-refractivity contribution in [3.63, 3.8) is 0 Å². The summed E-state index contributed by atoms with van der Waals surface area (Å²) in [5, 5.41) is 13.5. The number of nitrogens with zero attached hydrogens (tertiary/aromatic N) is 1. The second-order valence-corrected chi connectivity index (χ2v) is 6.09. The number of anilines is 1.